The van der Waals surface area contributed by atoms with Gasteiger partial charge < -0.3 is 15.5 Å². The number of aryl methyl sites for hydroxylation is 1. The number of rotatable bonds is 3. The molecule has 2 amide bonds. The van der Waals surface area contributed by atoms with Crippen LogP contribution in [0.1, 0.15) is 18.9 Å². The lowest BCUT2D eigenvalue weighted by Crippen LogP contribution is -2.42. The lowest BCUT2D eigenvalue weighted by Gasteiger charge is -2.28. The summed E-state index contributed by atoms with van der Waals surface area (Å²) in [6.45, 7) is 3.95. The number of halogens is 1. The van der Waals surface area contributed by atoms with Crippen LogP contribution in [0.2, 0.25) is 5.02 Å². The Hall–Kier alpha value is -2.53. The number of para-hydroxylation sites is 2. The quantitative estimate of drug-likeness (QED) is 0.877. The molecule has 6 heteroatoms. The second kappa shape index (κ2) is 7.15. The standard InChI is InChI=1S/C19H20ClN3O2/c1-12-9-14(20)7-8-15(12)21-11-19(25)23-13(2)10-18(24)22-16-5-3-4-6-17(16)23/h3-9,13,21H,10-11H2,1-2H3,(H,22,24)/t13-/m1/s1. The van der Waals surface area contributed by atoms with Gasteiger partial charge in [-0.25, -0.2) is 0 Å². The molecule has 0 spiro atoms. The van der Waals surface area contributed by atoms with E-state index in [1.54, 1.807) is 11.0 Å². The molecular formula is C19H20ClN3O2. The van der Waals surface area contributed by atoms with Gasteiger partial charge in [0.15, 0.2) is 0 Å². The smallest absolute Gasteiger partial charge is 0.246 e. The van der Waals surface area contributed by atoms with Crippen LogP contribution in [0.25, 0.3) is 0 Å². The van der Waals surface area contributed by atoms with Crippen LogP contribution in [-0.2, 0) is 9.59 Å². The number of hydrogen-bond acceptors (Lipinski definition) is 3. The van der Waals surface area contributed by atoms with E-state index in [2.05, 4.69) is 10.6 Å². The Morgan fingerprint density at radius 1 is 1.32 bits per heavy atom. The van der Waals surface area contributed by atoms with E-state index in [4.69, 9.17) is 11.6 Å². The number of anilines is 3. The molecule has 0 saturated carbocycles. The number of hydrogen-bond donors (Lipinski definition) is 2. The predicted octanol–water partition coefficient (Wildman–Crippen LogP) is 3.82. The number of amides is 2. The molecular weight excluding hydrogens is 338 g/mol. The van der Waals surface area contributed by atoms with Crippen LogP contribution >= 0.6 is 11.6 Å². The summed E-state index contributed by atoms with van der Waals surface area (Å²) in [7, 11) is 0. The summed E-state index contributed by atoms with van der Waals surface area (Å²) in [6.07, 6.45) is 0.264. The van der Waals surface area contributed by atoms with Gasteiger partial charge in [-0.15, -0.1) is 0 Å². The fourth-order valence-corrected chi connectivity index (χ4v) is 3.28. The maximum absolute atomic E-state index is 12.9. The van der Waals surface area contributed by atoms with Gasteiger partial charge in [0.25, 0.3) is 0 Å². The molecule has 0 bridgehead atoms. The number of fused-ring (bicyclic) bond motifs is 1. The zero-order valence-corrected chi connectivity index (χ0v) is 14.9. The van der Waals surface area contributed by atoms with Gasteiger partial charge >= 0.3 is 0 Å². The summed E-state index contributed by atoms with van der Waals surface area (Å²) in [5.41, 5.74) is 3.22. The van der Waals surface area contributed by atoms with E-state index < -0.39 is 0 Å². The summed E-state index contributed by atoms with van der Waals surface area (Å²) >= 11 is 5.97. The molecule has 0 aromatic heterocycles. The monoisotopic (exact) mass is 357 g/mol. The van der Waals surface area contributed by atoms with Gasteiger partial charge in [-0.05, 0) is 49.7 Å². The Balaban J connectivity index is 1.81. The van der Waals surface area contributed by atoms with Gasteiger partial charge in [-0.1, -0.05) is 23.7 Å². The van der Waals surface area contributed by atoms with E-state index >= 15 is 0 Å². The minimum absolute atomic E-state index is 0.0863. The Morgan fingerprint density at radius 2 is 2.08 bits per heavy atom. The first-order valence-corrected chi connectivity index (χ1v) is 8.54. The second-order valence-corrected chi connectivity index (χ2v) is 6.63. The molecule has 0 saturated heterocycles. The Kier molecular flexibility index (Phi) is 4.95. The van der Waals surface area contributed by atoms with Crippen molar-refractivity contribution in [3.05, 3.63) is 53.1 Å². The summed E-state index contributed by atoms with van der Waals surface area (Å²) in [4.78, 5) is 26.6. The van der Waals surface area contributed by atoms with Gasteiger partial charge in [0, 0.05) is 23.2 Å². The highest BCUT2D eigenvalue weighted by Crippen LogP contribution is 2.31. The molecule has 25 heavy (non-hydrogen) atoms. The Labute approximate surface area is 152 Å². The highest BCUT2D eigenvalue weighted by atomic mass is 35.5. The molecule has 2 aromatic rings. The molecule has 130 valence electrons. The van der Waals surface area contributed by atoms with Crippen molar-refractivity contribution < 1.29 is 9.59 Å². The summed E-state index contributed by atoms with van der Waals surface area (Å²) < 4.78 is 0. The van der Waals surface area contributed by atoms with Crippen LogP contribution in [-0.4, -0.2) is 24.4 Å². The van der Waals surface area contributed by atoms with Crippen molar-refractivity contribution in [1.29, 1.82) is 0 Å². The van der Waals surface area contributed by atoms with Gasteiger partial charge in [-0.2, -0.15) is 0 Å². The molecule has 0 radical (unpaired) electrons. The van der Waals surface area contributed by atoms with Gasteiger partial charge in [0.2, 0.25) is 11.8 Å². The van der Waals surface area contributed by atoms with Crippen molar-refractivity contribution in [2.75, 3.05) is 22.1 Å². The topological polar surface area (TPSA) is 61.4 Å². The first-order valence-electron chi connectivity index (χ1n) is 8.16. The third-order valence-corrected chi connectivity index (χ3v) is 4.48. The molecule has 1 atom stereocenters. The van der Waals surface area contributed by atoms with Crippen LogP contribution in [0.15, 0.2) is 42.5 Å². The maximum Gasteiger partial charge on any atom is 0.246 e. The van der Waals surface area contributed by atoms with Crippen molar-refractivity contribution in [2.24, 2.45) is 0 Å². The third kappa shape index (κ3) is 3.77. The van der Waals surface area contributed by atoms with Gasteiger partial charge in [0.1, 0.15) is 0 Å². The maximum atomic E-state index is 12.9. The number of carbonyl (C=O) groups is 2. The van der Waals surface area contributed by atoms with E-state index in [9.17, 15) is 9.59 Å². The molecule has 3 rings (SSSR count). The van der Waals surface area contributed by atoms with E-state index in [1.165, 1.54) is 0 Å². The van der Waals surface area contributed by atoms with Crippen molar-refractivity contribution in [2.45, 2.75) is 26.3 Å². The first kappa shape index (κ1) is 17.3. The number of nitrogens with one attached hydrogen (secondary N) is 2. The zero-order valence-electron chi connectivity index (χ0n) is 14.2. The largest absolute Gasteiger partial charge is 0.376 e. The van der Waals surface area contributed by atoms with E-state index in [0.29, 0.717) is 10.7 Å². The molecule has 0 unspecified atom stereocenters. The predicted molar refractivity (Wildman–Crippen MR) is 101 cm³/mol. The lowest BCUT2D eigenvalue weighted by atomic mass is 10.1. The molecule has 1 heterocycles. The lowest BCUT2D eigenvalue weighted by molar-refractivity contribution is -0.118. The van der Waals surface area contributed by atoms with Crippen LogP contribution in [0.3, 0.4) is 0 Å². The summed E-state index contributed by atoms with van der Waals surface area (Å²) in [5.74, 6) is -0.178. The van der Waals surface area contributed by atoms with Crippen LogP contribution in [0, 0.1) is 6.92 Å². The van der Waals surface area contributed by atoms with Gasteiger partial charge in [0.05, 0.1) is 17.9 Å². The SMILES string of the molecule is Cc1cc(Cl)ccc1NCC(=O)N1c2ccccc2NC(=O)C[C@H]1C. The summed E-state index contributed by atoms with van der Waals surface area (Å²) in [6, 6.07) is 12.6. The molecule has 2 aromatic carbocycles. The number of carbonyl (C=O) groups excluding carboxylic acids is 2. The zero-order chi connectivity index (χ0) is 18.0. The first-order chi connectivity index (χ1) is 12.0. The molecule has 1 aliphatic heterocycles. The van der Waals surface area contributed by atoms with Gasteiger partial charge in [-0.3, -0.25) is 9.59 Å². The third-order valence-electron chi connectivity index (χ3n) is 4.25. The number of benzene rings is 2. The van der Waals surface area contributed by atoms with Crippen LogP contribution < -0.4 is 15.5 Å². The highest BCUT2D eigenvalue weighted by Gasteiger charge is 2.29. The van der Waals surface area contributed by atoms with Crippen LogP contribution in [0.5, 0.6) is 0 Å². The van der Waals surface area contributed by atoms with Crippen molar-refractivity contribution in [3.8, 4) is 0 Å². The average Bonchev–Trinajstić information content (AvgIpc) is 2.68. The van der Waals surface area contributed by atoms with E-state index in [-0.39, 0.29) is 30.8 Å². The minimum Gasteiger partial charge on any atom is -0.376 e. The molecule has 1 aliphatic rings. The molecule has 0 aliphatic carbocycles. The molecule has 5 nitrogen and oxygen atoms in total. The minimum atomic E-state index is -0.218. The fourth-order valence-electron chi connectivity index (χ4n) is 3.05. The second-order valence-electron chi connectivity index (χ2n) is 6.20. The van der Waals surface area contributed by atoms with E-state index in [0.717, 1.165) is 16.9 Å². The molecule has 2 N–H and O–H groups in total. The van der Waals surface area contributed by atoms with Crippen molar-refractivity contribution in [3.63, 3.8) is 0 Å². The summed E-state index contributed by atoms with van der Waals surface area (Å²) in [5, 5.41) is 6.69. The average molecular weight is 358 g/mol. The Bertz CT molecular complexity index is 822. The van der Waals surface area contributed by atoms with Crippen molar-refractivity contribution in [1.82, 2.24) is 0 Å². The van der Waals surface area contributed by atoms with Crippen LogP contribution in [0.4, 0.5) is 17.1 Å². The molecule has 0 fully saturated rings. The normalized spacial score (nSPS) is 16.7. The van der Waals surface area contributed by atoms with E-state index in [1.807, 2.05) is 50.2 Å². The Morgan fingerprint density at radius 3 is 2.84 bits per heavy atom. The fraction of sp³-hybridized carbons (Fsp3) is 0.263. The highest BCUT2D eigenvalue weighted by molar-refractivity contribution is 6.30. The number of nitrogens with zero attached hydrogens (tertiary/aromatic N) is 1. The van der Waals surface area contributed by atoms with Crippen molar-refractivity contribution >= 4 is 40.5 Å².